The van der Waals surface area contributed by atoms with Crippen molar-refractivity contribution in [3.63, 3.8) is 0 Å². The van der Waals surface area contributed by atoms with E-state index in [2.05, 4.69) is 18.7 Å². The second-order valence-corrected chi connectivity index (χ2v) is 9.62. The van der Waals surface area contributed by atoms with Crippen LogP contribution in [0.1, 0.15) is 37.4 Å². The Balaban J connectivity index is 1.61. The smallest absolute Gasteiger partial charge is 0.295 e. The zero-order valence-electron chi connectivity index (χ0n) is 20.9. The number of aliphatic hydroxyl groups excluding tert-OH is 1. The molecule has 2 fully saturated rings. The van der Waals surface area contributed by atoms with Crippen LogP contribution in [0.15, 0.2) is 54.1 Å². The van der Waals surface area contributed by atoms with Crippen molar-refractivity contribution in [1.82, 2.24) is 9.80 Å². The number of amides is 1. The predicted molar refractivity (Wildman–Crippen MR) is 136 cm³/mol. The summed E-state index contributed by atoms with van der Waals surface area (Å²) in [5.41, 5.74) is 1.13. The number of ether oxygens (including phenoxy) is 2. The average molecular weight is 495 g/mol. The Kier molecular flexibility index (Phi) is 8.28. The molecule has 2 saturated heterocycles. The van der Waals surface area contributed by atoms with Crippen molar-refractivity contribution in [2.45, 2.75) is 26.3 Å². The molecule has 0 aliphatic carbocycles. The number of phenolic OH excluding ortho intramolecular Hbond substituents is 1. The fourth-order valence-corrected chi connectivity index (χ4v) is 4.53. The number of nitrogens with zero attached hydrogens (tertiary/aromatic N) is 2. The Morgan fingerprint density at radius 1 is 1.03 bits per heavy atom. The molecule has 8 nitrogen and oxygen atoms in total. The van der Waals surface area contributed by atoms with E-state index in [0.717, 1.165) is 19.6 Å². The van der Waals surface area contributed by atoms with Crippen LogP contribution in [0.5, 0.6) is 11.5 Å². The molecule has 4 rings (SSSR count). The van der Waals surface area contributed by atoms with Gasteiger partial charge in [-0.15, -0.1) is 0 Å². The minimum atomic E-state index is -0.743. The van der Waals surface area contributed by atoms with E-state index in [0.29, 0.717) is 55.6 Å². The van der Waals surface area contributed by atoms with Crippen molar-refractivity contribution in [2.24, 2.45) is 5.92 Å². The molecule has 0 unspecified atom stereocenters. The van der Waals surface area contributed by atoms with E-state index < -0.39 is 17.7 Å². The minimum absolute atomic E-state index is 0.0490. The van der Waals surface area contributed by atoms with E-state index in [4.69, 9.17) is 9.47 Å². The van der Waals surface area contributed by atoms with E-state index in [1.54, 1.807) is 36.4 Å². The third-order valence-corrected chi connectivity index (χ3v) is 6.44. The molecule has 8 heteroatoms. The summed E-state index contributed by atoms with van der Waals surface area (Å²) in [5.74, 6) is -0.440. The summed E-state index contributed by atoms with van der Waals surface area (Å²) < 4.78 is 11.1. The zero-order valence-corrected chi connectivity index (χ0v) is 20.9. The van der Waals surface area contributed by atoms with Gasteiger partial charge in [0.2, 0.25) is 0 Å². The van der Waals surface area contributed by atoms with Gasteiger partial charge in [-0.1, -0.05) is 26.0 Å². The van der Waals surface area contributed by atoms with E-state index in [-0.39, 0.29) is 17.1 Å². The SMILES string of the molecule is CC(C)COc1ccc(C(O)=C2C(=O)C(=O)N(CCCN3CCOCC3)[C@H]2c2ccc(O)cc2)cc1. The molecule has 1 amide bonds. The largest absolute Gasteiger partial charge is 0.508 e. The molecular weight excluding hydrogens is 460 g/mol. The highest BCUT2D eigenvalue weighted by Gasteiger charge is 2.45. The van der Waals surface area contributed by atoms with Gasteiger partial charge in [-0.05, 0) is 54.3 Å². The van der Waals surface area contributed by atoms with Crippen LogP contribution in [0.3, 0.4) is 0 Å². The second kappa shape index (κ2) is 11.6. The maximum absolute atomic E-state index is 13.2. The van der Waals surface area contributed by atoms with Gasteiger partial charge in [-0.3, -0.25) is 14.5 Å². The summed E-state index contributed by atoms with van der Waals surface area (Å²) in [7, 11) is 0. The first kappa shape index (κ1) is 25.7. The predicted octanol–water partition coefficient (Wildman–Crippen LogP) is 3.57. The number of carbonyl (C=O) groups excluding carboxylic acids is 2. The molecule has 2 heterocycles. The molecule has 0 spiro atoms. The summed E-state index contributed by atoms with van der Waals surface area (Å²) in [6.07, 6.45) is 0.684. The van der Waals surface area contributed by atoms with Gasteiger partial charge in [0.05, 0.1) is 31.4 Å². The summed E-state index contributed by atoms with van der Waals surface area (Å²) >= 11 is 0. The van der Waals surface area contributed by atoms with Gasteiger partial charge in [0.1, 0.15) is 17.3 Å². The van der Waals surface area contributed by atoms with Crippen molar-refractivity contribution in [3.05, 3.63) is 65.2 Å². The Bertz CT molecular complexity index is 1090. The third-order valence-electron chi connectivity index (χ3n) is 6.44. The van der Waals surface area contributed by atoms with E-state index in [1.807, 2.05) is 0 Å². The topological polar surface area (TPSA) is 99.5 Å². The number of aromatic hydroxyl groups is 1. The van der Waals surface area contributed by atoms with Crippen LogP contribution in [0.2, 0.25) is 0 Å². The highest BCUT2D eigenvalue weighted by Crippen LogP contribution is 2.40. The highest BCUT2D eigenvalue weighted by atomic mass is 16.5. The molecule has 0 saturated carbocycles. The number of phenols is 1. The molecule has 192 valence electrons. The van der Waals surface area contributed by atoms with Gasteiger partial charge in [0, 0.05) is 31.7 Å². The number of benzene rings is 2. The molecular formula is C28H34N2O6. The first-order valence-corrected chi connectivity index (χ1v) is 12.5. The van der Waals surface area contributed by atoms with Crippen molar-refractivity contribution in [3.8, 4) is 11.5 Å². The molecule has 0 bridgehead atoms. The lowest BCUT2D eigenvalue weighted by molar-refractivity contribution is -0.140. The van der Waals surface area contributed by atoms with Crippen molar-refractivity contribution in [2.75, 3.05) is 46.0 Å². The van der Waals surface area contributed by atoms with Crippen LogP contribution in [0.4, 0.5) is 0 Å². The lowest BCUT2D eigenvalue weighted by atomic mass is 9.95. The highest BCUT2D eigenvalue weighted by molar-refractivity contribution is 6.46. The molecule has 0 aromatic heterocycles. The number of hydrogen-bond acceptors (Lipinski definition) is 7. The average Bonchev–Trinajstić information content (AvgIpc) is 3.13. The van der Waals surface area contributed by atoms with Crippen LogP contribution in [0.25, 0.3) is 5.76 Å². The first-order chi connectivity index (χ1) is 17.3. The standard InChI is InChI=1S/C28H34N2O6/c1-19(2)18-36-23-10-6-21(7-11-23)26(32)24-25(20-4-8-22(31)9-5-20)30(28(34)27(24)33)13-3-12-29-14-16-35-17-15-29/h4-11,19,25,31-32H,3,12-18H2,1-2H3/t25-/m0/s1. The number of morpholine rings is 1. The number of aliphatic hydroxyl groups is 1. The molecule has 2 aromatic rings. The van der Waals surface area contributed by atoms with Gasteiger partial charge in [-0.25, -0.2) is 0 Å². The van der Waals surface area contributed by atoms with Gasteiger partial charge < -0.3 is 24.6 Å². The summed E-state index contributed by atoms with van der Waals surface area (Å²) in [6, 6.07) is 12.5. The molecule has 2 aromatic carbocycles. The van der Waals surface area contributed by atoms with Crippen molar-refractivity contribution in [1.29, 1.82) is 0 Å². The van der Waals surface area contributed by atoms with E-state index in [1.165, 1.54) is 17.0 Å². The Hall–Kier alpha value is -3.36. The monoisotopic (exact) mass is 494 g/mol. The Morgan fingerprint density at radius 3 is 2.33 bits per heavy atom. The Labute approximate surface area is 211 Å². The molecule has 36 heavy (non-hydrogen) atoms. The number of rotatable bonds is 9. The molecule has 2 aliphatic rings. The van der Waals surface area contributed by atoms with Gasteiger partial charge >= 0.3 is 0 Å². The molecule has 2 N–H and O–H groups in total. The van der Waals surface area contributed by atoms with Crippen LogP contribution >= 0.6 is 0 Å². The fourth-order valence-electron chi connectivity index (χ4n) is 4.53. The third kappa shape index (κ3) is 5.88. The van der Waals surface area contributed by atoms with Gasteiger partial charge in [-0.2, -0.15) is 0 Å². The second-order valence-electron chi connectivity index (χ2n) is 9.62. The van der Waals surface area contributed by atoms with Crippen LogP contribution < -0.4 is 4.74 Å². The summed E-state index contributed by atoms with van der Waals surface area (Å²) in [4.78, 5) is 30.1. The lowest BCUT2D eigenvalue weighted by Crippen LogP contribution is -2.38. The molecule has 1 atom stereocenters. The normalized spacial score (nSPS) is 20.3. The minimum Gasteiger partial charge on any atom is -0.508 e. The quantitative estimate of drug-likeness (QED) is 0.312. The Morgan fingerprint density at radius 2 is 1.69 bits per heavy atom. The number of Topliss-reactive ketones (excluding diaryl/α,β-unsaturated/α-hetero) is 1. The first-order valence-electron chi connectivity index (χ1n) is 12.5. The van der Waals surface area contributed by atoms with Crippen molar-refractivity contribution < 1.29 is 29.3 Å². The van der Waals surface area contributed by atoms with E-state index >= 15 is 0 Å². The lowest BCUT2D eigenvalue weighted by Gasteiger charge is -2.29. The summed E-state index contributed by atoms with van der Waals surface area (Å²) in [5, 5.41) is 21.0. The number of hydrogen-bond donors (Lipinski definition) is 2. The maximum atomic E-state index is 13.2. The molecule has 2 aliphatic heterocycles. The number of likely N-dealkylation sites (tertiary alicyclic amines) is 1. The van der Waals surface area contributed by atoms with Gasteiger partial charge in [0.15, 0.2) is 0 Å². The fraction of sp³-hybridized carbons (Fsp3) is 0.429. The molecule has 0 radical (unpaired) electrons. The van der Waals surface area contributed by atoms with Gasteiger partial charge in [0.25, 0.3) is 11.7 Å². The summed E-state index contributed by atoms with van der Waals surface area (Å²) in [6.45, 7) is 8.92. The zero-order chi connectivity index (χ0) is 25.7. The van der Waals surface area contributed by atoms with Crippen molar-refractivity contribution >= 4 is 17.4 Å². The maximum Gasteiger partial charge on any atom is 0.295 e. The number of ketones is 1. The van der Waals surface area contributed by atoms with Crippen LogP contribution in [-0.4, -0.2) is 77.7 Å². The van der Waals surface area contributed by atoms with E-state index in [9.17, 15) is 19.8 Å². The van der Waals surface area contributed by atoms with Crippen LogP contribution in [0, 0.1) is 5.92 Å². The number of carbonyl (C=O) groups is 2. The van der Waals surface area contributed by atoms with Crippen LogP contribution in [-0.2, 0) is 14.3 Å².